The van der Waals surface area contributed by atoms with E-state index in [0.717, 1.165) is 5.75 Å². The van der Waals surface area contributed by atoms with Crippen molar-refractivity contribution < 1.29 is 4.79 Å². The lowest BCUT2D eigenvalue weighted by molar-refractivity contribution is -0.126. The summed E-state index contributed by atoms with van der Waals surface area (Å²) in [5, 5.41) is 3.18. The number of hydrogen-bond donors (Lipinski definition) is 1. The Kier molecular flexibility index (Phi) is 2.54. The topological polar surface area (TPSA) is 29.1 Å². The molecule has 0 saturated carbocycles. The molecule has 0 aromatic heterocycles. The minimum Gasteiger partial charge on any atom is -0.344 e. The van der Waals surface area contributed by atoms with Crippen molar-refractivity contribution in [2.24, 2.45) is 0 Å². The fraction of sp³-hybridized carbons (Fsp3) is 0.300. The van der Waals surface area contributed by atoms with Crippen molar-refractivity contribution in [3.05, 3.63) is 35.9 Å². The van der Waals surface area contributed by atoms with Crippen LogP contribution in [0.1, 0.15) is 12.0 Å². The van der Waals surface area contributed by atoms with Crippen molar-refractivity contribution in [2.45, 2.75) is 17.5 Å². The predicted octanol–water partition coefficient (Wildman–Crippen LogP) is 1.77. The van der Waals surface area contributed by atoms with Crippen LogP contribution in [0, 0.1) is 0 Å². The van der Waals surface area contributed by atoms with E-state index in [0.29, 0.717) is 11.8 Å². The van der Waals surface area contributed by atoms with E-state index in [1.165, 1.54) is 5.56 Å². The van der Waals surface area contributed by atoms with E-state index in [1.54, 1.807) is 11.8 Å². The van der Waals surface area contributed by atoms with Gasteiger partial charge in [0.15, 0.2) is 0 Å². The Labute approximate surface area is 81.7 Å². The molecule has 1 N–H and O–H groups in total. The molecule has 1 aromatic rings. The average molecular weight is 193 g/mol. The Bertz CT molecular complexity index is 291. The van der Waals surface area contributed by atoms with Crippen molar-refractivity contribution in [3.63, 3.8) is 0 Å². The van der Waals surface area contributed by atoms with Gasteiger partial charge in [-0.25, -0.2) is 0 Å². The molecular weight excluding hydrogens is 182 g/mol. The standard InChI is InChI=1S/C10H11NOS/c12-9-6-10(11-9)13-7-8-4-2-1-3-5-8/h1-5,10H,6-7H2,(H,11,12). The first-order chi connectivity index (χ1) is 6.34. The van der Waals surface area contributed by atoms with Crippen LogP contribution in [0.5, 0.6) is 0 Å². The van der Waals surface area contributed by atoms with Crippen LogP contribution >= 0.6 is 11.8 Å². The highest BCUT2D eigenvalue weighted by Gasteiger charge is 2.24. The van der Waals surface area contributed by atoms with E-state index in [4.69, 9.17) is 0 Å². The summed E-state index contributed by atoms with van der Waals surface area (Å²) in [7, 11) is 0. The summed E-state index contributed by atoms with van der Waals surface area (Å²) in [6.07, 6.45) is 0.678. The molecule has 1 amide bonds. The third-order valence-electron chi connectivity index (χ3n) is 1.99. The van der Waals surface area contributed by atoms with E-state index >= 15 is 0 Å². The molecule has 1 fully saturated rings. The summed E-state index contributed by atoms with van der Waals surface area (Å²) in [4.78, 5) is 10.6. The van der Waals surface area contributed by atoms with E-state index in [1.807, 2.05) is 18.2 Å². The maximum Gasteiger partial charge on any atom is 0.223 e. The number of carbonyl (C=O) groups excluding carboxylic acids is 1. The second kappa shape index (κ2) is 3.83. The van der Waals surface area contributed by atoms with Gasteiger partial charge >= 0.3 is 0 Å². The molecule has 1 aliphatic rings. The van der Waals surface area contributed by atoms with Crippen LogP contribution < -0.4 is 5.32 Å². The molecule has 1 atom stereocenters. The highest BCUT2D eigenvalue weighted by atomic mass is 32.2. The molecular formula is C10H11NOS. The molecule has 13 heavy (non-hydrogen) atoms. The molecule has 1 aromatic carbocycles. The summed E-state index contributed by atoms with van der Waals surface area (Å²) in [5.41, 5.74) is 1.31. The molecule has 0 spiro atoms. The Morgan fingerprint density at radius 3 is 2.69 bits per heavy atom. The Hall–Kier alpha value is -0.960. The van der Waals surface area contributed by atoms with Crippen LogP contribution in [0.15, 0.2) is 30.3 Å². The Balaban J connectivity index is 1.77. The average Bonchev–Trinajstić information content (AvgIpc) is 2.12. The molecule has 1 saturated heterocycles. The van der Waals surface area contributed by atoms with Crippen molar-refractivity contribution in [1.29, 1.82) is 0 Å². The molecule has 1 heterocycles. The van der Waals surface area contributed by atoms with Crippen LogP contribution in [-0.2, 0) is 10.5 Å². The highest BCUT2D eigenvalue weighted by molar-refractivity contribution is 7.99. The van der Waals surface area contributed by atoms with Gasteiger partial charge in [-0.2, -0.15) is 0 Å². The van der Waals surface area contributed by atoms with Gasteiger partial charge in [0.1, 0.15) is 0 Å². The van der Waals surface area contributed by atoms with Crippen molar-refractivity contribution in [2.75, 3.05) is 0 Å². The summed E-state index contributed by atoms with van der Waals surface area (Å²) < 4.78 is 0. The third-order valence-corrected chi connectivity index (χ3v) is 3.17. The van der Waals surface area contributed by atoms with Gasteiger partial charge in [0.2, 0.25) is 5.91 Å². The number of β-lactam (4-membered cyclic amide) rings is 1. The minimum absolute atomic E-state index is 0.172. The number of benzene rings is 1. The lowest BCUT2D eigenvalue weighted by atomic mass is 10.2. The van der Waals surface area contributed by atoms with Gasteiger partial charge in [0, 0.05) is 5.75 Å². The first-order valence-corrected chi connectivity index (χ1v) is 5.34. The third kappa shape index (κ3) is 2.25. The summed E-state index contributed by atoms with van der Waals surface area (Å²) in [6.45, 7) is 0. The summed E-state index contributed by atoms with van der Waals surface area (Å²) in [6, 6.07) is 10.3. The molecule has 68 valence electrons. The largest absolute Gasteiger partial charge is 0.344 e. The van der Waals surface area contributed by atoms with Gasteiger partial charge in [0.25, 0.3) is 0 Å². The predicted molar refractivity (Wildman–Crippen MR) is 54.3 cm³/mol. The van der Waals surface area contributed by atoms with Crippen LogP contribution in [-0.4, -0.2) is 11.3 Å². The zero-order valence-electron chi connectivity index (χ0n) is 7.19. The molecule has 1 unspecified atom stereocenters. The molecule has 3 heteroatoms. The van der Waals surface area contributed by atoms with Crippen molar-refractivity contribution in [3.8, 4) is 0 Å². The fourth-order valence-electron chi connectivity index (χ4n) is 1.20. The zero-order valence-corrected chi connectivity index (χ0v) is 8.01. The molecule has 0 radical (unpaired) electrons. The first kappa shape index (κ1) is 8.63. The van der Waals surface area contributed by atoms with Crippen molar-refractivity contribution in [1.82, 2.24) is 5.32 Å². The molecule has 2 nitrogen and oxygen atoms in total. The van der Waals surface area contributed by atoms with E-state index < -0.39 is 0 Å². The SMILES string of the molecule is O=C1CC(SCc2ccccc2)N1. The maximum absolute atomic E-state index is 10.6. The summed E-state index contributed by atoms with van der Waals surface area (Å²) in [5.74, 6) is 1.15. The van der Waals surface area contributed by atoms with Crippen LogP contribution in [0.4, 0.5) is 0 Å². The molecule has 0 aliphatic carbocycles. The lowest BCUT2D eigenvalue weighted by Crippen LogP contribution is -2.46. The zero-order chi connectivity index (χ0) is 9.10. The lowest BCUT2D eigenvalue weighted by Gasteiger charge is -2.25. The van der Waals surface area contributed by atoms with Gasteiger partial charge in [0.05, 0.1) is 11.8 Å². The van der Waals surface area contributed by atoms with Gasteiger partial charge in [-0.1, -0.05) is 30.3 Å². The second-order valence-corrected chi connectivity index (χ2v) is 4.25. The van der Waals surface area contributed by atoms with Crippen LogP contribution in [0.2, 0.25) is 0 Å². The van der Waals surface area contributed by atoms with E-state index in [9.17, 15) is 4.79 Å². The fourth-order valence-corrected chi connectivity index (χ4v) is 2.27. The quantitative estimate of drug-likeness (QED) is 0.741. The second-order valence-electron chi connectivity index (χ2n) is 3.06. The summed E-state index contributed by atoms with van der Waals surface area (Å²) >= 11 is 1.79. The van der Waals surface area contributed by atoms with Gasteiger partial charge in [-0.3, -0.25) is 4.79 Å². The first-order valence-electron chi connectivity index (χ1n) is 4.29. The van der Waals surface area contributed by atoms with Gasteiger partial charge < -0.3 is 5.32 Å². The number of nitrogens with one attached hydrogen (secondary N) is 1. The molecule has 1 aliphatic heterocycles. The Morgan fingerprint density at radius 2 is 2.08 bits per heavy atom. The van der Waals surface area contributed by atoms with E-state index in [-0.39, 0.29) is 5.91 Å². The highest BCUT2D eigenvalue weighted by Crippen LogP contribution is 2.22. The minimum atomic E-state index is 0.172. The van der Waals surface area contributed by atoms with Crippen LogP contribution in [0.25, 0.3) is 0 Å². The number of amides is 1. The molecule has 0 bridgehead atoms. The smallest absolute Gasteiger partial charge is 0.223 e. The monoisotopic (exact) mass is 193 g/mol. The van der Waals surface area contributed by atoms with E-state index in [2.05, 4.69) is 17.4 Å². The van der Waals surface area contributed by atoms with Crippen LogP contribution in [0.3, 0.4) is 0 Å². The number of thioether (sulfide) groups is 1. The molecule has 2 rings (SSSR count). The van der Waals surface area contributed by atoms with Crippen molar-refractivity contribution >= 4 is 17.7 Å². The van der Waals surface area contributed by atoms with Gasteiger partial charge in [-0.05, 0) is 5.56 Å². The van der Waals surface area contributed by atoms with Gasteiger partial charge in [-0.15, -0.1) is 11.8 Å². The normalized spacial score (nSPS) is 20.6. The number of hydrogen-bond acceptors (Lipinski definition) is 2. The number of carbonyl (C=O) groups is 1. The Morgan fingerprint density at radius 1 is 1.38 bits per heavy atom. The number of rotatable bonds is 3. The maximum atomic E-state index is 10.6.